The summed E-state index contributed by atoms with van der Waals surface area (Å²) < 4.78 is 0. The van der Waals surface area contributed by atoms with Crippen molar-refractivity contribution in [2.45, 2.75) is 63.5 Å². The molecule has 0 saturated heterocycles. The third-order valence-corrected chi connectivity index (χ3v) is 3.73. The van der Waals surface area contributed by atoms with E-state index < -0.39 is 0 Å². The van der Waals surface area contributed by atoms with Gasteiger partial charge in [-0.3, -0.25) is 9.98 Å². The highest BCUT2D eigenvalue weighted by molar-refractivity contribution is 6.01. The lowest BCUT2D eigenvalue weighted by molar-refractivity contribution is 0.550. The maximum atomic E-state index is 4.91. The minimum atomic E-state index is 0.494. The molecule has 2 heteroatoms. The third-order valence-electron chi connectivity index (χ3n) is 3.73. The Morgan fingerprint density at radius 1 is 0.714 bits per heavy atom. The van der Waals surface area contributed by atoms with Crippen molar-refractivity contribution in [1.82, 2.24) is 0 Å². The second-order valence-corrected chi connectivity index (χ2v) is 4.76. The van der Waals surface area contributed by atoms with Gasteiger partial charge in [-0.05, 0) is 38.5 Å². The van der Waals surface area contributed by atoms with Crippen LogP contribution in [0.1, 0.15) is 51.4 Å². The van der Waals surface area contributed by atoms with Crippen molar-refractivity contribution in [2.75, 3.05) is 0 Å². The van der Waals surface area contributed by atoms with E-state index in [1.54, 1.807) is 0 Å². The lowest BCUT2D eigenvalue weighted by Crippen LogP contribution is -2.36. The van der Waals surface area contributed by atoms with Gasteiger partial charge in [0.25, 0.3) is 0 Å². The van der Waals surface area contributed by atoms with E-state index in [4.69, 9.17) is 9.98 Å². The summed E-state index contributed by atoms with van der Waals surface area (Å²) >= 11 is 0. The first-order chi connectivity index (χ1) is 6.93. The average molecular weight is 190 g/mol. The Hall–Kier alpha value is -0.660. The first-order valence-electron chi connectivity index (χ1n) is 6.06. The summed E-state index contributed by atoms with van der Waals surface area (Å²) in [4.78, 5) is 9.82. The van der Waals surface area contributed by atoms with Crippen molar-refractivity contribution in [1.29, 1.82) is 0 Å². The predicted molar refractivity (Wildman–Crippen MR) is 59.4 cm³/mol. The molecule has 0 aromatic heterocycles. The SMILES string of the molecule is C1CCC2N=C3CCCCC3N=C2C1. The smallest absolute Gasteiger partial charge is 0.0876 e. The first kappa shape index (κ1) is 8.63. The van der Waals surface area contributed by atoms with Gasteiger partial charge in [-0.25, -0.2) is 0 Å². The highest BCUT2D eigenvalue weighted by Gasteiger charge is 2.29. The Morgan fingerprint density at radius 2 is 1.21 bits per heavy atom. The molecule has 2 saturated carbocycles. The maximum absolute atomic E-state index is 4.91. The first-order valence-corrected chi connectivity index (χ1v) is 6.06. The van der Waals surface area contributed by atoms with Crippen LogP contribution in [0.5, 0.6) is 0 Å². The minimum absolute atomic E-state index is 0.494. The zero-order chi connectivity index (χ0) is 9.38. The highest BCUT2D eigenvalue weighted by atomic mass is 15.0. The zero-order valence-electron chi connectivity index (χ0n) is 8.71. The summed E-state index contributed by atoms with van der Waals surface area (Å²) in [5, 5.41) is 0. The molecule has 2 aliphatic carbocycles. The lowest BCUT2D eigenvalue weighted by atomic mass is 9.87. The van der Waals surface area contributed by atoms with Gasteiger partial charge < -0.3 is 0 Å². The van der Waals surface area contributed by atoms with Crippen LogP contribution < -0.4 is 0 Å². The zero-order valence-corrected chi connectivity index (χ0v) is 8.71. The summed E-state index contributed by atoms with van der Waals surface area (Å²) in [5.41, 5.74) is 2.85. The Kier molecular flexibility index (Phi) is 2.15. The largest absolute Gasteiger partial charge is 0.283 e. The summed E-state index contributed by atoms with van der Waals surface area (Å²) in [6, 6.07) is 0.987. The van der Waals surface area contributed by atoms with Crippen molar-refractivity contribution in [3.63, 3.8) is 0 Å². The lowest BCUT2D eigenvalue weighted by Gasteiger charge is -2.32. The molecule has 0 amide bonds. The van der Waals surface area contributed by atoms with Gasteiger partial charge >= 0.3 is 0 Å². The van der Waals surface area contributed by atoms with E-state index in [2.05, 4.69) is 0 Å². The molecule has 0 bridgehead atoms. The van der Waals surface area contributed by atoms with Crippen LogP contribution in [0, 0.1) is 0 Å². The van der Waals surface area contributed by atoms with Gasteiger partial charge in [0.1, 0.15) is 0 Å². The van der Waals surface area contributed by atoms with Crippen LogP contribution in [0.15, 0.2) is 9.98 Å². The van der Waals surface area contributed by atoms with Crippen LogP contribution in [0.25, 0.3) is 0 Å². The molecule has 3 rings (SSSR count). The molecule has 2 fully saturated rings. The van der Waals surface area contributed by atoms with Crippen LogP contribution in [0.3, 0.4) is 0 Å². The molecule has 1 heterocycles. The highest BCUT2D eigenvalue weighted by Crippen LogP contribution is 2.28. The van der Waals surface area contributed by atoms with Crippen LogP contribution in [-0.2, 0) is 0 Å². The molecule has 2 nitrogen and oxygen atoms in total. The molecule has 2 atom stereocenters. The van der Waals surface area contributed by atoms with Gasteiger partial charge in [0.2, 0.25) is 0 Å². The van der Waals surface area contributed by atoms with Gasteiger partial charge in [0, 0.05) is 11.4 Å². The molecule has 0 spiro atoms. The van der Waals surface area contributed by atoms with Crippen molar-refractivity contribution in [3.05, 3.63) is 0 Å². The van der Waals surface area contributed by atoms with Crippen molar-refractivity contribution in [3.8, 4) is 0 Å². The number of hydrogen-bond acceptors (Lipinski definition) is 2. The van der Waals surface area contributed by atoms with E-state index in [9.17, 15) is 0 Å². The van der Waals surface area contributed by atoms with Crippen molar-refractivity contribution >= 4 is 11.4 Å². The van der Waals surface area contributed by atoms with Crippen LogP contribution in [0.4, 0.5) is 0 Å². The average Bonchev–Trinajstić information content (AvgIpc) is 2.26. The molecule has 0 N–H and O–H groups in total. The Bertz CT molecular complexity index is 261. The molecular formula is C12H18N2. The topological polar surface area (TPSA) is 24.7 Å². The summed E-state index contributed by atoms with van der Waals surface area (Å²) in [6.45, 7) is 0. The molecular weight excluding hydrogens is 172 g/mol. The fourth-order valence-electron chi connectivity index (χ4n) is 2.93. The van der Waals surface area contributed by atoms with E-state index in [-0.39, 0.29) is 0 Å². The molecule has 76 valence electrons. The van der Waals surface area contributed by atoms with E-state index in [0.717, 1.165) is 0 Å². The van der Waals surface area contributed by atoms with E-state index >= 15 is 0 Å². The molecule has 2 unspecified atom stereocenters. The molecule has 1 aliphatic heterocycles. The van der Waals surface area contributed by atoms with Gasteiger partial charge in [0.15, 0.2) is 0 Å². The summed E-state index contributed by atoms with van der Waals surface area (Å²) in [6.07, 6.45) is 10.3. The summed E-state index contributed by atoms with van der Waals surface area (Å²) in [5.74, 6) is 0. The van der Waals surface area contributed by atoms with Crippen LogP contribution in [-0.4, -0.2) is 23.5 Å². The normalized spacial score (nSPS) is 36.6. The number of fused-ring (bicyclic) bond motifs is 2. The Labute approximate surface area is 85.5 Å². The van der Waals surface area contributed by atoms with E-state index in [1.165, 1.54) is 62.8 Å². The Balaban J connectivity index is 1.86. The fourth-order valence-corrected chi connectivity index (χ4v) is 2.93. The molecule has 0 aromatic carbocycles. The van der Waals surface area contributed by atoms with Crippen molar-refractivity contribution < 1.29 is 0 Å². The van der Waals surface area contributed by atoms with Crippen LogP contribution in [0.2, 0.25) is 0 Å². The van der Waals surface area contributed by atoms with Crippen LogP contribution >= 0.6 is 0 Å². The Morgan fingerprint density at radius 3 is 1.71 bits per heavy atom. The van der Waals surface area contributed by atoms with Gasteiger partial charge in [-0.1, -0.05) is 12.8 Å². The van der Waals surface area contributed by atoms with E-state index in [1.807, 2.05) is 0 Å². The second-order valence-electron chi connectivity index (χ2n) is 4.76. The van der Waals surface area contributed by atoms with Crippen molar-refractivity contribution in [2.24, 2.45) is 9.98 Å². The molecule has 0 radical (unpaired) electrons. The minimum Gasteiger partial charge on any atom is -0.283 e. The van der Waals surface area contributed by atoms with Gasteiger partial charge in [-0.2, -0.15) is 0 Å². The predicted octanol–water partition coefficient (Wildman–Crippen LogP) is 2.77. The fraction of sp³-hybridized carbons (Fsp3) is 0.833. The number of nitrogens with zero attached hydrogens (tertiary/aromatic N) is 2. The number of aliphatic imine (C=N–C) groups is 2. The number of rotatable bonds is 0. The molecule has 0 aromatic rings. The summed E-state index contributed by atoms with van der Waals surface area (Å²) in [7, 11) is 0. The molecule has 14 heavy (non-hydrogen) atoms. The van der Waals surface area contributed by atoms with Gasteiger partial charge in [-0.15, -0.1) is 0 Å². The quantitative estimate of drug-likeness (QED) is 0.561. The number of hydrogen-bond donors (Lipinski definition) is 0. The van der Waals surface area contributed by atoms with Gasteiger partial charge in [0.05, 0.1) is 12.1 Å². The maximum Gasteiger partial charge on any atom is 0.0876 e. The molecule has 3 aliphatic rings. The third kappa shape index (κ3) is 1.41. The standard InChI is InChI=1S/C12H18N2/c1-2-6-10-9(5-1)13-11-7-3-4-8-12(11)14-10/h9,12H,1-8H2. The monoisotopic (exact) mass is 190 g/mol. The second kappa shape index (κ2) is 3.48. The van der Waals surface area contributed by atoms with E-state index in [0.29, 0.717) is 12.1 Å².